The molecule has 2 aliphatic heterocycles. The summed E-state index contributed by atoms with van der Waals surface area (Å²) in [6.45, 7) is 4.55. The second-order valence-electron chi connectivity index (χ2n) is 7.09. The number of aromatic nitrogens is 4. The third-order valence-corrected chi connectivity index (χ3v) is 5.43. The van der Waals surface area contributed by atoms with Crippen molar-refractivity contribution in [3.8, 4) is 0 Å². The summed E-state index contributed by atoms with van der Waals surface area (Å²) in [6.07, 6.45) is 6.18. The largest absolute Gasteiger partial charge is 0.380 e. The van der Waals surface area contributed by atoms with Gasteiger partial charge in [0.1, 0.15) is 0 Å². The Kier molecular flexibility index (Phi) is 4.84. The molecule has 9 heteroatoms. The molecule has 0 N–H and O–H groups in total. The van der Waals surface area contributed by atoms with Crippen LogP contribution in [0.15, 0.2) is 18.6 Å². The third kappa shape index (κ3) is 3.29. The van der Waals surface area contributed by atoms with E-state index in [9.17, 15) is 4.79 Å². The van der Waals surface area contributed by atoms with E-state index < -0.39 is 0 Å². The Hall–Kier alpha value is -2.10. The van der Waals surface area contributed by atoms with Crippen LogP contribution in [-0.4, -0.2) is 99.7 Å². The summed E-state index contributed by atoms with van der Waals surface area (Å²) in [5.74, 6) is 1.02. The molecule has 0 unspecified atom stereocenters. The molecule has 0 radical (unpaired) electrons. The summed E-state index contributed by atoms with van der Waals surface area (Å²) in [5.41, 5.74) is 0.716. The Bertz CT molecular complexity index is 771. The number of likely N-dealkylation sites (tertiary alicyclic amines) is 1. The van der Waals surface area contributed by atoms with Crippen LogP contribution in [0.3, 0.4) is 0 Å². The zero-order valence-electron chi connectivity index (χ0n) is 15.3. The first-order chi connectivity index (χ1) is 12.7. The molecule has 0 aliphatic carbocycles. The molecule has 0 spiro atoms. The van der Waals surface area contributed by atoms with Gasteiger partial charge >= 0.3 is 0 Å². The molecule has 2 aromatic rings. The van der Waals surface area contributed by atoms with Crippen LogP contribution in [-0.2, 0) is 9.53 Å². The van der Waals surface area contributed by atoms with E-state index in [1.807, 2.05) is 15.5 Å². The fourth-order valence-electron chi connectivity index (χ4n) is 3.80. The van der Waals surface area contributed by atoms with Crippen LogP contribution < -0.4 is 0 Å². The van der Waals surface area contributed by atoms with Gasteiger partial charge in [-0.15, -0.1) is 10.2 Å². The number of hydrogen-bond acceptors (Lipinski definition) is 7. The molecule has 2 aliphatic rings. The fraction of sp³-hybridized carbons (Fsp3) is 0.647. The van der Waals surface area contributed by atoms with Gasteiger partial charge in [0, 0.05) is 52.2 Å². The molecule has 0 aromatic carbocycles. The lowest BCUT2D eigenvalue weighted by Crippen LogP contribution is -2.50. The summed E-state index contributed by atoms with van der Waals surface area (Å²) in [5, 5.41) is 8.58. The highest BCUT2D eigenvalue weighted by Crippen LogP contribution is 2.32. The lowest BCUT2D eigenvalue weighted by atomic mass is 10.2. The Morgan fingerprint density at radius 1 is 1.27 bits per heavy atom. The van der Waals surface area contributed by atoms with Crippen LogP contribution in [0, 0.1) is 0 Å². The van der Waals surface area contributed by atoms with Gasteiger partial charge in [-0.25, -0.2) is 0 Å². The van der Waals surface area contributed by atoms with E-state index in [0.29, 0.717) is 12.2 Å². The van der Waals surface area contributed by atoms with Crippen LogP contribution in [0.4, 0.5) is 0 Å². The van der Waals surface area contributed by atoms with Gasteiger partial charge in [0.05, 0.1) is 24.9 Å². The third-order valence-electron chi connectivity index (χ3n) is 5.43. The maximum atomic E-state index is 12.8. The lowest BCUT2D eigenvalue weighted by molar-refractivity contribution is -0.134. The van der Waals surface area contributed by atoms with Crippen molar-refractivity contribution >= 4 is 11.6 Å². The van der Waals surface area contributed by atoms with Gasteiger partial charge in [-0.1, -0.05) is 0 Å². The quantitative estimate of drug-likeness (QED) is 0.739. The van der Waals surface area contributed by atoms with Crippen LogP contribution >= 0.6 is 0 Å². The van der Waals surface area contributed by atoms with Crippen molar-refractivity contribution in [3.63, 3.8) is 0 Å². The fourth-order valence-corrected chi connectivity index (χ4v) is 3.80. The highest BCUT2D eigenvalue weighted by Gasteiger charge is 2.37. The molecule has 2 saturated heterocycles. The van der Waals surface area contributed by atoms with E-state index in [1.54, 1.807) is 19.5 Å². The normalized spacial score (nSPS) is 25.2. The standard InChI is InChI=1S/C17H25N7O2/c1-21-5-7-22(8-6-21)16(25)12-23-11-13(26-2)9-14(23)17-20-19-15-10-18-3-4-24(15)17/h3-4,10,13-14H,5-9,11-12H2,1-2H3/t13-,14+/m1/s1. The number of piperazine rings is 1. The van der Waals surface area contributed by atoms with Crippen LogP contribution in [0.25, 0.3) is 5.65 Å². The number of ether oxygens (including phenoxy) is 1. The molecule has 9 nitrogen and oxygen atoms in total. The molecule has 2 fully saturated rings. The number of fused-ring (bicyclic) bond motifs is 1. The van der Waals surface area contributed by atoms with Crippen LogP contribution in [0.2, 0.25) is 0 Å². The van der Waals surface area contributed by atoms with E-state index in [-0.39, 0.29) is 18.1 Å². The van der Waals surface area contributed by atoms with E-state index in [4.69, 9.17) is 4.74 Å². The number of methoxy groups -OCH3 is 1. The van der Waals surface area contributed by atoms with Gasteiger partial charge in [0.25, 0.3) is 0 Å². The Labute approximate surface area is 152 Å². The first-order valence-corrected chi connectivity index (χ1v) is 9.03. The van der Waals surface area contributed by atoms with Gasteiger partial charge in [0.15, 0.2) is 11.5 Å². The maximum Gasteiger partial charge on any atom is 0.236 e. The summed E-state index contributed by atoms with van der Waals surface area (Å²) in [7, 11) is 3.81. The smallest absolute Gasteiger partial charge is 0.236 e. The minimum absolute atomic E-state index is 0.00811. The monoisotopic (exact) mass is 359 g/mol. The number of rotatable bonds is 4. The number of carbonyl (C=O) groups is 1. The molecule has 26 heavy (non-hydrogen) atoms. The van der Waals surface area contributed by atoms with E-state index >= 15 is 0 Å². The molecule has 2 aromatic heterocycles. The Balaban J connectivity index is 1.52. The predicted octanol–water partition coefficient (Wildman–Crippen LogP) is -0.340. The van der Waals surface area contributed by atoms with Crippen molar-refractivity contribution in [2.45, 2.75) is 18.6 Å². The summed E-state index contributed by atoms with van der Waals surface area (Å²) in [6, 6.07) is 0.00811. The Morgan fingerprint density at radius 3 is 2.85 bits per heavy atom. The minimum Gasteiger partial charge on any atom is -0.380 e. The maximum absolute atomic E-state index is 12.8. The SMILES string of the molecule is CO[C@@H]1C[C@@H](c2nnc3cnccn23)N(CC(=O)N2CCN(C)CC2)C1. The van der Waals surface area contributed by atoms with Crippen molar-refractivity contribution < 1.29 is 9.53 Å². The van der Waals surface area contributed by atoms with Crippen molar-refractivity contribution in [1.82, 2.24) is 34.3 Å². The molecule has 0 saturated carbocycles. The van der Waals surface area contributed by atoms with Crippen LogP contribution in [0.1, 0.15) is 18.3 Å². The molecule has 4 heterocycles. The second kappa shape index (κ2) is 7.26. The molecular formula is C17H25N7O2. The highest BCUT2D eigenvalue weighted by molar-refractivity contribution is 5.78. The molecular weight excluding hydrogens is 334 g/mol. The zero-order chi connectivity index (χ0) is 18.1. The van der Waals surface area contributed by atoms with E-state index in [0.717, 1.165) is 45.0 Å². The number of amides is 1. The van der Waals surface area contributed by atoms with Crippen molar-refractivity contribution in [2.75, 3.05) is 53.4 Å². The topological polar surface area (TPSA) is 79.1 Å². The highest BCUT2D eigenvalue weighted by atomic mass is 16.5. The summed E-state index contributed by atoms with van der Waals surface area (Å²) in [4.78, 5) is 23.3. The molecule has 0 bridgehead atoms. The first kappa shape index (κ1) is 17.3. The predicted molar refractivity (Wildman–Crippen MR) is 94.6 cm³/mol. The number of hydrogen-bond donors (Lipinski definition) is 0. The van der Waals surface area contributed by atoms with E-state index in [2.05, 4.69) is 32.0 Å². The molecule has 140 valence electrons. The number of nitrogens with zero attached hydrogens (tertiary/aromatic N) is 7. The lowest BCUT2D eigenvalue weighted by Gasteiger charge is -2.34. The average molecular weight is 359 g/mol. The average Bonchev–Trinajstić information content (AvgIpc) is 3.25. The van der Waals surface area contributed by atoms with E-state index in [1.165, 1.54) is 0 Å². The minimum atomic E-state index is 0.00811. The Morgan fingerprint density at radius 2 is 2.08 bits per heavy atom. The molecule has 2 atom stereocenters. The molecule has 4 rings (SSSR count). The van der Waals surface area contributed by atoms with Crippen molar-refractivity contribution in [1.29, 1.82) is 0 Å². The van der Waals surface area contributed by atoms with Crippen LogP contribution in [0.5, 0.6) is 0 Å². The molecule has 1 amide bonds. The van der Waals surface area contributed by atoms with Crippen molar-refractivity contribution in [2.24, 2.45) is 0 Å². The number of likely N-dealkylation sites (N-methyl/N-ethyl adjacent to an activating group) is 1. The van der Waals surface area contributed by atoms with Gasteiger partial charge < -0.3 is 14.5 Å². The van der Waals surface area contributed by atoms with Gasteiger partial charge in [-0.2, -0.15) is 0 Å². The van der Waals surface area contributed by atoms with Gasteiger partial charge in [-0.3, -0.25) is 19.1 Å². The number of carbonyl (C=O) groups excluding carboxylic acids is 1. The van der Waals surface area contributed by atoms with Crippen molar-refractivity contribution in [3.05, 3.63) is 24.4 Å². The second-order valence-corrected chi connectivity index (χ2v) is 7.09. The first-order valence-electron chi connectivity index (χ1n) is 9.03. The van der Waals surface area contributed by atoms with Gasteiger partial charge in [-0.05, 0) is 13.5 Å². The zero-order valence-corrected chi connectivity index (χ0v) is 15.3. The van der Waals surface area contributed by atoms with Gasteiger partial charge in [0.2, 0.25) is 5.91 Å². The summed E-state index contributed by atoms with van der Waals surface area (Å²) < 4.78 is 7.53. The summed E-state index contributed by atoms with van der Waals surface area (Å²) >= 11 is 0.